The highest BCUT2D eigenvalue weighted by atomic mass is 16.5. The van der Waals surface area contributed by atoms with Crippen LogP contribution in [-0.2, 0) is 9.53 Å². The van der Waals surface area contributed by atoms with E-state index in [1.54, 1.807) is 39.0 Å². The van der Waals surface area contributed by atoms with Gasteiger partial charge in [-0.05, 0) is 58.4 Å². The number of aromatic hydroxyl groups is 1. The van der Waals surface area contributed by atoms with E-state index in [9.17, 15) is 14.7 Å². The second-order valence-corrected chi connectivity index (χ2v) is 5.38. The van der Waals surface area contributed by atoms with Gasteiger partial charge in [-0.3, -0.25) is 4.79 Å². The third-order valence-corrected chi connectivity index (χ3v) is 3.21. The van der Waals surface area contributed by atoms with Crippen LogP contribution in [0.4, 0.5) is 0 Å². The average molecular weight is 302 g/mol. The quantitative estimate of drug-likeness (QED) is 0.505. The number of benzene rings is 1. The summed E-state index contributed by atoms with van der Waals surface area (Å²) in [5.41, 5.74) is 2.22. The Bertz CT molecular complexity index is 634. The Morgan fingerprint density at radius 1 is 1.23 bits per heavy atom. The molecule has 0 fully saturated rings. The summed E-state index contributed by atoms with van der Waals surface area (Å²) in [4.78, 5) is 23.8. The van der Waals surface area contributed by atoms with Gasteiger partial charge in [0.1, 0.15) is 11.9 Å². The standard InChI is InChI=1S/C18H22O4/c1-6-12(4)18(21)22-13(5)14-7-8-16(19)15(10-14)17(20)9-11(2)3/h6-10,13,19H,1-5H3. The number of allylic oxidation sites excluding steroid dienone is 3. The van der Waals surface area contributed by atoms with Crippen LogP contribution in [0, 0.1) is 0 Å². The monoisotopic (exact) mass is 302 g/mol. The van der Waals surface area contributed by atoms with Gasteiger partial charge in [0.15, 0.2) is 5.78 Å². The Labute approximate surface area is 131 Å². The number of ketones is 1. The molecule has 0 aliphatic carbocycles. The molecular weight excluding hydrogens is 280 g/mol. The van der Waals surface area contributed by atoms with Gasteiger partial charge in [-0.1, -0.05) is 17.7 Å². The number of rotatable bonds is 5. The Hall–Kier alpha value is -2.36. The first kappa shape index (κ1) is 17.7. The maximum Gasteiger partial charge on any atom is 0.333 e. The van der Waals surface area contributed by atoms with Gasteiger partial charge in [-0.15, -0.1) is 0 Å². The topological polar surface area (TPSA) is 63.6 Å². The molecule has 0 bridgehead atoms. The molecule has 22 heavy (non-hydrogen) atoms. The Morgan fingerprint density at radius 3 is 2.41 bits per heavy atom. The highest BCUT2D eigenvalue weighted by Crippen LogP contribution is 2.25. The first-order valence-electron chi connectivity index (χ1n) is 7.12. The highest BCUT2D eigenvalue weighted by Gasteiger charge is 2.16. The number of ether oxygens (including phenoxy) is 1. The molecular formula is C18H22O4. The molecule has 0 saturated carbocycles. The van der Waals surface area contributed by atoms with Gasteiger partial charge < -0.3 is 9.84 Å². The van der Waals surface area contributed by atoms with Gasteiger partial charge in [0.25, 0.3) is 0 Å². The summed E-state index contributed by atoms with van der Waals surface area (Å²) in [7, 11) is 0. The lowest BCUT2D eigenvalue weighted by Crippen LogP contribution is -2.10. The summed E-state index contributed by atoms with van der Waals surface area (Å²) in [6.07, 6.45) is 2.62. The molecule has 0 spiro atoms. The van der Waals surface area contributed by atoms with Crippen LogP contribution in [0.2, 0.25) is 0 Å². The van der Waals surface area contributed by atoms with E-state index in [1.165, 1.54) is 12.1 Å². The molecule has 0 radical (unpaired) electrons. The zero-order valence-corrected chi connectivity index (χ0v) is 13.6. The van der Waals surface area contributed by atoms with Crippen molar-refractivity contribution < 1.29 is 19.4 Å². The van der Waals surface area contributed by atoms with Crippen molar-refractivity contribution in [3.63, 3.8) is 0 Å². The number of esters is 1. The van der Waals surface area contributed by atoms with E-state index >= 15 is 0 Å². The van der Waals surface area contributed by atoms with Crippen LogP contribution in [0.3, 0.4) is 0 Å². The number of phenolic OH excluding ortho intramolecular Hbond substituents is 1. The van der Waals surface area contributed by atoms with Gasteiger partial charge in [0.05, 0.1) is 5.56 Å². The van der Waals surface area contributed by atoms with Crippen molar-refractivity contribution in [2.24, 2.45) is 0 Å². The average Bonchev–Trinajstić information content (AvgIpc) is 2.45. The first-order chi connectivity index (χ1) is 10.3. The van der Waals surface area contributed by atoms with E-state index in [-0.39, 0.29) is 17.1 Å². The van der Waals surface area contributed by atoms with E-state index < -0.39 is 12.1 Å². The van der Waals surface area contributed by atoms with E-state index in [2.05, 4.69) is 0 Å². The van der Waals surface area contributed by atoms with E-state index in [0.717, 1.165) is 5.57 Å². The van der Waals surface area contributed by atoms with Gasteiger partial charge in [-0.2, -0.15) is 0 Å². The molecule has 4 nitrogen and oxygen atoms in total. The minimum atomic E-state index is -0.513. The lowest BCUT2D eigenvalue weighted by Gasteiger charge is -2.15. The first-order valence-corrected chi connectivity index (χ1v) is 7.12. The lowest BCUT2D eigenvalue weighted by molar-refractivity contribution is -0.143. The van der Waals surface area contributed by atoms with Crippen molar-refractivity contribution in [1.29, 1.82) is 0 Å². The highest BCUT2D eigenvalue weighted by molar-refractivity contribution is 6.06. The number of hydrogen-bond donors (Lipinski definition) is 1. The second-order valence-electron chi connectivity index (χ2n) is 5.38. The van der Waals surface area contributed by atoms with Crippen molar-refractivity contribution in [1.82, 2.24) is 0 Å². The molecule has 118 valence electrons. The molecule has 1 aromatic carbocycles. The minimum absolute atomic E-state index is 0.0885. The van der Waals surface area contributed by atoms with Crippen LogP contribution in [0.25, 0.3) is 0 Å². The van der Waals surface area contributed by atoms with Crippen molar-refractivity contribution in [3.8, 4) is 5.75 Å². The molecule has 1 unspecified atom stereocenters. The summed E-state index contributed by atoms with van der Waals surface area (Å²) >= 11 is 0. The Balaban J connectivity index is 3.05. The third kappa shape index (κ3) is 4.58. The largest absolute Gasteiger partial charge is 0.507 e. The SMILES string of the molecule is CC=C(C)C(=O)OC(C)c1ccc(O)c(C(=O)C=C(C)C)c1. The van der Waals surface area contributed by atoms with Crippen LogP contribution in [0.15, 0.2) is 41.5 Å². The van der Waals surface area contributed by atoms with Gasteiger partial charge in [-0.25, -0.2) is 4.79 Å². The molecule has 0 aliphatic heterocycles. The second kappa shape index (κ2) is 7.59. The molecule has 4 heteroatoms. The van der Waals surface area contributed by atoms with Crippen LogP contribution in [-0.4, -0.2) is 16.9 Å². The molecule has 0 amide bonds. The molecule has 0 aromatic heterocycles. The fourth-order valence-electron chi connectivity index (χ4n) is 1.78. The molecule has 1 atom stereocenters. The van der Waals surface area contributed by atoms with Crippen molar-refractivity contribution in [2.75, 3.05) is 0 Å². The van der Waals surface area contributed by atoms with Crippen LogP contribution < -0.4 is 0 Å². The number of hydrogen-bond acceptors (Lipinski definition) is 4. The molecule has 1 rings (SSSR count). The van der Waals surface area contributed by atoms with Crippen molar-refractivity contribution in [2.45, 2.75) is 40.7 Å². The third-order valence-electron chi connectivity index (χ3n) is 3.21. The van der Waals surface area contributed by atoms with Crippen molar-refractivity contribution in [3.05, 3.63) is 52.6 Å². The van der Waals surface area contributed by atoms with Gasteiger partial charge >= 0.3 is 5.97 Å². The number of phenols is 1. The molecule has 0 saturated heterocycles. The molecule has 1 N–H and O–H groups in total. The number of carbonyl (C=O) groups excluding carboxylic acids is 2. The van der Waals surface area contributed by atoms with E-state index in [0.29, 0.717) is 11.1 Å². The lowest BCUT2D eigenvalue weighted by atomic mass is 10.0. The zero-order valence-electron chi connectivity index (χ0n) is 13.6. The van der Waals surface area contributed by atoms with Crippen LogP contribution >= 0.6 is 0 Å². The fraction of sp³-hybridized carbons (Fsp3) is 0.333. The fourth-order valence-corrected chi connectivity index (χ4v) is 1.78. The molecule has 0 aliphatic rings. The normalized spacial score (nSPS) is 12.5. The van der Waals surface area contributed by atoms with E-state index in [1.807, 2.05) is 13.8 Å². The van der Waals surface area contributed by atoms with Crippen molar-refractivity contribution >= 4 is 11.8 Å². The van der Waals surface area contributed by atoms with Gasteiger partial charge in [0.2, 0.25) is 0 Å². The maximum atomic E-state index is 12.1. The Kier molecular flexibility index (Phi) is 6.11. The summed E-state index contributed by atoms with van der Waals surface area (Å²) in [5.74, 6) is -0.767. The summed E-state index contributed by atoms with van der Waals surface area (Å²) in [6, 6.07) is 4.63. The smallest absolute Gasteiger partial charge is 0.333 e. The predicted octanol–water partition coefficient (Wildman–Crippen LogP) is 4.11. The summed E-state index contributed by atoms with van der Waals surface area (Å²) in [5, 5.41) is 9.84. The zero-order chi connectivity index (χ0) is 16.9. The van der Waals surface area contributed by atoms with Gasteiger partial charge in [0, 0.05) is 5.57 Å². The minimum Gasteiger partial charge on any atom is -0.507 e. The predicted molar refractivity (Wildman–Crippen MR) is 85.8 cm³/mol. The summed E-state index contributed by atoms with van der Waals surface area (Å²) < 4.78 is 5.33. The maximum absolute atomic E-state index is 12.1. The Morgan fingerprint density at radius 2 is 1.86 bits per heavy atom. The van der Waals surface area contributed by atoms with Crippen LogP contribution in [0.1, 0.15) is 56.6 Å². The van der Waals surface area contributed by atoms with E-state index in [4.69, 9.17) is 4.74 Å². The summed E-state index contributed by atoms with van der Waals surface area (Å²) in [6.45, 7) is 8.78. The number of carbonyl (C=O) groups is 2. The molecule has 0 heterocycles. The van der Waals surface area contributed by atoms with Crippen LogP contribution in [0.5, 0.6) is 5.75 Å². The molecule has 1 aromatic rings.